The molecule has 2 unspecified atom stereocenters. The Hall–Kier alpha value is -9.30. The molecule has 10 aromatic rings. The van der Waals surface area contributed by atoms with Gasteiger partial charge in [0.25, 0.3) is 0 Å². The minimum absolute atomic E-state index is 0.0178. The molecule has 3 fully saturated rings. The lowest BCUT2D eigenvalue weighted by atomic mass is 9.79. The Labute approximate surface area is 539 Å². The number of aromatic hydroxyl groups is 4. The van der Waals surface area contributed by atoms with Gasteiger partial charge in [-0.3, -0.25) is 29.0 Å². The van der Waals surface area contributed by atoms with Crippen molar-refractivity contribution in [2.75, 3.05) is 81.9 Å². The number of allylic oxidation sites excluding steroid dienone is 2. The van der Waals surface area contributed by atoms with Crippen LogP contribution < -0.4 is 66.1 Å². The number of ketones is 1. The molecule has 7 N–H and O–H groups in total. The van der Waals surface area contributed by atoms with E-state index in [0.29, 0.717) is 117 Å². The van der Waals surface area contributed by atoms with Gasteiger partial charge < -0.3 is 64.8 Å². The van der Waals surface area contributed by atoms with Gasteiger partial charge in [-0.1, -0.05) is 23.3 Å². The zero-order valence-corrected chi connectivity index (χ0v) is 54.5. The molecule has 3 heterocycles. The minimum atomic E-state index is -0.834. The van der Waals surface area contributed by atoms with E-state index in [-0.39, 0.29) is 96.5 Å². The van der Waals surface area contributed by atoms with Crippen molar-refractivity contribution in [3.63, 3.8) is 0 Å². The number of phenols is 4. The first-order valence-electron chi connectivity index (χ1n) is 32.4. The Morgan fingerprint density at radius 1 is 0.426 bits per heavy atom. The highest BCUT2D eigenvalue weighted by atomic mass is 16.5. The fraction of sp³-hybridized carbons (Fsp3) is 0.387. The Morgan fingerprint density at radius 2 is 0.745 bits per heavy atom. The smallest absolute Gasteiger partial charge is 0.194 e. The number of ether oxygens (including phenoxy) is 6. The molecule has 0 aromatic heterocycles. The van der Waals surface area contributed by atoms with Gasteiger partial charge in [0, 0.05) is 101 Å². The van der Waals surface area contributed by atoms with E-state index < -0.39 is 28.1 Å². The number of carbonyl (C=O) groups excluding carboxylic acids is 1. The summed E-state index contributed by atoms with van der Waals surface area (Å²) >= 11 is 0. The molecule has 3 aliphatic heterocycles. The molecule has 5 aliphatic rings. The molecule has 0 spiro atoms. The van der Waals surface area contributed by atoms with E-state index >= 15 is 0 Å². The number of rotatable bonds is 13. The van der Waals surface area contributed by atoms with Crippen LogP contribution in [0.5, 0.6) is 57.5 Å². The van der Waals surface area contributed by atoms with Crippen LogP contribution in [0.4, 0.5) is 0 Å². The number of benzene rings is 10. The summed E-state index contributed by atoms with van der Waals surface area (Å²) < 4.78 is 35.2. The molecule has 2 aliphatic carbocycles. The number of Topliss-reactive ketones (excluding diaryl/α,β-unsaturated/α-hetero) is 1. The number of nitrogens with one attached hydrogen (secondary N) is 3. The predicted octanol–water partition coefficient (Wildman–Crippen LogP) is 10.6. The first-order chi connectivity index (χ1) is 45.3. The topological polar surface area (TPSA) is 270 Å². The Morgan fingerprint density at radius 3 is 1.09 bits per heavy atom. The van der Waals surface area contributed by atoms with Crippen molar-refractivity contribution in [3.05, 3.63) is 110 Å². The second-order valence-electron chi connectivity index (χ2n) is 26.2. The second kappa shape index (κ2) is 23.6. The minimum Gasteiger partial charge on any atom is -0.507 e. The lowest BCUT2D eigenvalue weighted by Crippen LogP contribution is -2.30. The summed E-state index contributed by atoms with van der Waals surface area (Å²) in [6, 6.07) is 5.53. The number of phenolic OH excluding ortho intramolecular Hbond substituents is 4. The van der Waals surface area contributed by atoms with Crippen LogP contribution in [0, 0.1) is 11.8 Å². The molecule has 19 nitrogen and oxygen atoms in total. The monoisotopic (exact) mass is 1270 g/mol. The average Bonchev–Trinajstić information content (AvgIpc) is 1.30. The fourth-order valence-corrected chi connectivity index (χ4v) is 17.1. The molecule has 0 radical (unpaired) electrons. The number of nitrogens with zero attached hydrogens (tertiary/aromatic N) is 1. The van der Waals surface area contributed by atoms with Gasteiger partial charge in [-0.15, -0.1) is 0 Å². The summed E-state index contributed by atoms with van der Waals surface area (Å²) in [6.45, 7) is 12.7. The number of hydrogen-bond acceptors (Lipinski definition) is 19. The van der Waals surface area contributed by atoms with Gasteiger partial charge in [0.05, 0.1) is 76.2 Å². The van der Waals surface area contributed by atoms with Gasteiger partial charge in [0.1, 0.15) is 40.3 Å². The third kappa shape index (κ3) is 9.07. The highest BCUT2D eigenvalue weighted by Crippen LogP contribution is 2.60. The molecular weight excluding hydrogens is 1200 g/mol. The molecule has 3 saturated heterocycles. The van der Waals surface area contributed by atoms with Crippen LogP contribution in [0.15, 0.2) is 59.6 Å². The summed E-state index contributed by atoms with van der Waals surface area (Å²) in [7, 11) is 8.79. The van der Waals surface area contributed by atoms with Gasteiger partial charge in [-0.25, -0.2) is 0 Å². The van der Waals surface area contributed by atoms with E-state index in [0.717, 1.165) is 100 Å². The SMILES string of the molecule is COc1c(O)c2c(=O)cc(OC)c3c4c(OC)cc(=O)c5c(O)c(CC6CCNCC6)c6c(c(c1C(C(C)=NC1CCNCC1)C(C)=C6)c23)c54.COc1c(O)c2c(=O)cc(OC)c3c4c(OC)cc(=O)c5c(O)c(CC6CCNCC6)c6c(c(c1C(C(C)=O)C(C)=C6)c23)c54. The second-order valence-corrected chi connectivity index (χ2v) is 26.2. The van der Waals surface area contributed by atoms with Crippen LogP contribution in [0.3, 0.4) is 0 Å². The van der Waals surface area contributed by atoms with Crippen LogP contribution in [-0.2, 0) is 17.6 Å². The van der Waals surface area contributed by atoms with E-state index in [1.165, 1.54) is 73.8 Å². The number of carbonyl (C=O) groups is 1. The highest BCUT2D eigenvalue weighted by molar-refractivity contribution is 6.41. The lowest BCUT2D eigenvalue weighted by molar-refractivity contribution is -0.117. The maximum atomic E-state index is 14.1. The maximum absolute atomic E-state index is 14.1. The van der Waals surface area contributed by atoms with Crippen molar-refractivity contribution in [3.8, 4) is 57.5 Å². The van der Waals surface area contributed by atoms with Crippen molar-refractivity contribution >= 4 is 110 Å². The van der Waals surface area contributed by atoms with Crippen molar-refractivity contribution in [2.24, 2.45) is 16.8 Å². The van der Waals surface area contributed by atoms with E-state index in [1.54, 1.807) is 0 Å². The molecule has 0 bridgehead atoms. The lowest BCUT2D eigenvalue weighted by Gasteiger charge is -2.28. The van der Waals surface area contributed by atoms with Crippen LogP contribution in [-0.4, -0.2) is 120 Å². The van der Waals surface area contributed by atoms with Crippen LogP contribution >= 0.6 is 0 Å². The Balaban J connectivity index is 0.000000164. The zero-order chi connectivity index (χ0) is 66.2. The standard InChI is InChI=1S/C40H43N3O7.C35H33NO8/c1-18-14-22-23(15-20-6-10-41-11-7-20)38(46)30-24(44)16-26(48-3)32-33-27(49-4)17-25(45)31-36(33)35(29(22)34(30)32)37(40(50-5)39(31)47)28(18)19(2)43-21-8-12-42-13-9-21;1-14-10-17-18(11-16-6-8-36-9-7-16)33(40)25-19(38)12-21(42-3)27-28-22(43-4)13-20(39)26-31(28)30(24(17)29(25)27)32(23(14)15(2)37)35(44-5)34(26)41/h14,16-17,20-21,28,41-42,46-47H,6-13,15H2,1-5H3;10,12-13,16,23,36,40-41H,6-9,11H2,1-5H3. The predicted molar refractivity (Wildman–Crippen MR) is 370 cm³/mol. The Bertz CT molecular complexity index is 5220. The van der Waals surface area contributed by atoms with E-state index in [1.807, 2.05) is 19.9 Å². The van der Waals surface area contributed by atoms with Crippen molar-refractivity contribution in [1.29, 1.82) is 0 Å². The normalized spacial score (nSPS) is 18.2. The molecule has 2 atom stereocenters. The van der Waals surface area contributed by atoms with Crippen LogP contribution in [0.1, 0.15) is 111 Å². The van der Waals surface area contributed by atoms with Crippen LogP contribution in [0.25, 0.3) is 98.3 Å². The van der Waals surface area contributed by atoms with Gasteiger partial charge in [0.2, 0.25) is 0 Å². The van der Waals surface area contributed by atoms with E-state index in [9.17, 15) is 44.4 Å². The molecule has 486 valence electrons. The summed E-state index contributed by atoms with van der Waals surface area (Å²) in [5, 5.41) is 65.2. The van der Waals surface area contributed by atoms with Gasteiger partial charge in [-0.05, 0) is 163 Å². The van der Waals surface area contributed by atoms with E-state index in [2.05, 4.69) is 29.0 Å². The molecular formula is C75H76N4O15. The number of aliphatic imine (C=N–C) groups is 1. The summed E-state index contributed by atoms with van der Waals surface area (Å²) in [4.78, 5) is 74.5. The van der Waals surface area contributed by atoms with Gasteiger partial charge in [0.15, 0.2) is 44.7 Å². The number of piperidine rings is 3. The maximum Gasteiger partial charge on any atom is 0.194 e. The highest BCUT2D eigenvalue weighted by Gasteiger charge is 2.41. The quantitative estimate of drug-likeness (QED) is 0.0321. The summed E-state index contributed by atoms with van der Waals surface area (Å²) in [5.74, 6) is -0.397. The van der Waals surface area contributed by atoms with Crippen LogP contribution in [0.2, 0.25) is 0 Å². The van der Waals surface area contributed by atoms with Crippen molar-refractivity contribution in [1.82, 2.24) is 16.0 Å². The number of methoxy groups -OCH3 is 6. The summed E-state index contributed by atoms with van der Waals surface area (Å²) in [5.41, 5.74) is 4.71. The summed E-state index contributed by atoms with van der Waals surface area (Å²) in [6.07, 6.45) is 10.7. The third-order valence-electron chi connectivity index (χ3n) is 21.1. The van der Waals surface area contributed by atoms with Crippen molar-refractivity contribution < 1.29 is 53.6 Å². The van der Waals surface area contributed by atoms with Crippen molar-refractivity contribution in [2.45, 2.75) is 96.9 Å². The van der Waals surface area contributed by atoms with Gasteiger partial charge >= 0.3 is 0 Å². The Kier molecular flexibility index (Phi) is 15.6. The number of fused-ring (bicyclic) bond motifs is 2. The first-order valence-corrected chi connectivity index (χ1v) is 32.4. The average molecular weight is 1270 g/mol. The largest absolute Gasteiger partial charge is 0.507 e. The number of hydrogen-bond donors (Lipinski definition) is 7. The molecule has 94 heavy (non-hydrogen) atoms. The third-order valence-corrected chi connectivity index (χ3v) is 21.1. The zero-order valence-electron chi connectivity index (χ0n) is 54.5. The fourth-order valence-electron chi connectivity index (χ4n) is 17.1. The van der Waals surface area contributed by atoms with Gasteiger partial charge in [-0.2, -0.15) is 0 Å². The molecule has 10 aromatic carbocycles. The van der Waals surface area contributed by atoms with E-state index in [4.69, 9.17) is 33.4 Å². The first kappa shape index (κ1) is 62.2. The molecule has 0 amide bonds. The molecule has 0 saturated carbocycles. The molecule has 15 rings (SSSR count). The molecule has 19 heteroatoms.